The summed E-state index contributed by atoms with van der Waals surface area (Å²) in [7, 11) is 1.44. The Hall–Kier alpha value is -1.35. The first-order valence-electron chi connectivity index (χ1n) is 6.90. The molecule has 0 spiro atoms. The fourth-order valence-corrected chi connectivity index (χ4v) is 2.05. The predicted molar refractivity (Wildman–Crippen MR) is 78.1 cm³/mol. The van der Waals surface area contributed by atoms with E-state index in [0.29, 0.717) is 11.8 Å². The summed E-state index contributed by atoms with van der Waals surface area (Å²) in [6, 6.07) is 10.0. The molecule has 0 bridgehead atoms. The molecule has 0 radical (unpaired) electrons. The van der Waals surface area contributed by atoms with Crippen molar-refractivity contribution in [2.24, 2.45) is 5.92 Å². The number of hydrogen-bond donors (Lipinski definition) is 1. The Morgan fingerprint density at radius 1 is 1.21 bits per heavy atom. The van der Waals surface area contributed by atoms with Gasteiger partial charge in [-0.25, -0.2) is 0 Å². The molecule has 0 saturated heterocycles. The first-order valence-corrected chi connectivity index (χ1v) is 6.90. The normalized spacial score (nSPS) is 14.2. The molecule has 2 unspecified atom stereocenters. The van der Waals surface area contributed by atoms with Gasteiger partial charge in [0.05, 0.1) is 7.11 Å². The van der Waals surface area contributed by atoms with Gasteiger partial charge in [0.15, 0.2) is 0 Å². The van der Waals surface area contributed by atoms with Gasteiger partial charge < -0.3 is 10.1 Å². The highest BCUT2D eigenvalue weighted by molar-refractivity contribution is 5.75. The standard InChI is InChI=1S/C16H25NO2/c1-12(2)11-17-15(16(18)19-4)10-13(3)14-8-6-5-7-9-14/h5-9,12-13,15,17H,10-11H2,1-4H3. The number of carbonyl (C=O) groups is 1. The molecule has 0 aliphatic heterocycles. The SMILES string of the molecule is COC(=O)C(CC(C)c1ccccc1)NCC(C)C. The number of esters is 1. The van der Waals surface area contributed by atoms with E-state index in [1.807, 2.05) is 18.2 Å². The quantitative estimate of drug-likeness (QED) is 0.769. The molecule has 2 atom stereocenters. The summed E-state index contributed by atoms with van der Waals surface area (Å²) < 4.78 is 4.88. The molecule has 19 heavy (non-hydrogen) atoms. The number of methoxy groups -OCH3 is 1. The van der Waals surface area contributed by atoms with Crippen molar-refractivity contribution < 1.29 is 9.53 Å². The number of ether oxygens (including phenoxy) is 1. The summed E-state index contributed by atoms with van der Waals surface area (Å²) in [4.78, 5) is 11.8. The summed E-state index contributed by atoms with van der Waals surface area (Å²) in [5, 5.41) is 3.30. The zero-order valence-corrected chi connectivity index (χ0v) is 12.3. The minimum absolute atomic E-state index is 0.177. The van der Waals surface area contributed by atoms with Crippen LogP contribution >= 0.6 is 0 Å². The Bertz CT molecular complexity index is 376. The molecule has 0 aromatic heterocycles. The second kappa shape index (κ2) is 7.95. The highest BCUT2D eigenvalue weighted by Crippen LogP contribution is 2.20. The fourth-order valence-electron chi connectivity index (χ4n) is 2.05. The summed E-state index contributed by atoms with van der Waals surface area (Å²) >= 11 is 0. The van der Waals surface area contributed by atoms with Crippen molar-refractivity contribution in [2.75, 3.05) is 13.7 Å². The molecule has 0 amide bonds. The van der Waals surface area contributed by atoms with E-state index in [0.717, 1.165) is 13.0 Å². The first-order chi connectivity index (χ1) is 9.04. The number of hydrogen-bond acceptors (Lipinski definition) is 3. The Kier molecular flexibility index (Phi) is 6.57. The van der Waals surface area contributed by atoms with Gasteiger partial charge in [-0.15, -0.1) is 0 Å². The lowest BCUT2D eigenvalue weighted by atomic mass is 9.93. The van der Waals surface area contributed by atoms with Crippen molar-refractivity contribution in [3.8, 4) is 0 Å². The van der Waals surface area contributed by atoms with Crippen LogP contribution in [0.3, 0.4) is 0 Å². The fraction of sp³-hybridized carbons (Fsp3) is 0.562. The Morgan fingerprint density at radius 2 is 1.84 bits per heavy atom. The molecular formula is C16H25NO2. The summed E-state index contributed by atoms with van der Waals surface area (Å²) in [5.74, 6) is 0.660. The Labute approximate surface area is 116 Å². The van der Waals surface area contributed by atoms with Gasteiger partial charge in [0.2, 0.25) is 0 Å². The van der Waals surface area contributed by atoms with Gasteiger partial charge in [-0.3, -0.25) is 4.79 Å². The Morgan fingerprint density at radius 3 is 2.37 bits per heavy atom. The lowest BCUT2D eigenvalue weighted by Crippen LogP contribution is -2.40. The number of rotatable bonds is 7. The molecule has 0 fully saturated rings. The van der Waals surface area contributed by atoms with Crippen LogP contribution in [0.5, 0.6) is 0 Å². The van der Waals surface area contributed by atoms with Crippen molar-refractivity contribution in [2.45, 2.75) is 39.2 Å². The summed E-state index contributed by atoms with van der Waals surface area (Å²) in [6.45, 7) is 7.22. The van der Waals surface area contributed by atoms with Gasteiger partial charge in [-0.1, -0.05) is 51.1 Å². The van der Waals surface area contributed by atoms with Crippen LogP contribution in [0.2, 0.25) is 0 Å². The van der Waals surface area contributed by atoms with Crippen LogP contribution in [-0.4, -0.2) is 25.7 Å². The van der Waals surface area contributed by atoms with E-state index in [2.05, 4.69) is 38.2 Å². The van der Waals surface area contributed by atoms with E-state index in [1.54, 1.807) is 0 Å². The minimum Gasteiger partial charge on any atom is -0.468 e. The van der Waals surface area contributed by atoms with Crippen molar-refractivity contribution in [3.63, 3.8) is 0 Å². The van der Waals surface area contributed by atoms with Crippen LogP contribution in [0.15, 0.2) is 30.3 Å². The predicted octanol–water partition coefficient (Wildman–Crippen LogP) is 2.97. The minimum atomic E-state index is -0.234. The summed E-state index contributed by atoms with van der Waals surface area (Å²) in [6.07, 6.45) is 0.753. The molecule has 1 aromatic carbocycles. The molecule has 1 N–H and O–H groups in total. The summed E-state index contributed by atoms with van der Waals surface area (Å²) in [5.41, 5.74) is 1.25. The highest BCUT2D eigenvalue weighted by Gasteiger charge is 2.22. The van der Waals surface area contributed by atoms with Crippen LogP contribution in [-0.2, 0) is 9.53 Å². The van der Waals surface area contributed by atoms with Crippen LogP contribution in [0.1, 0.15) is 38.7 Å². The first kappa shape index (κ1) is 15.7. The van der Waals surface area contributed by atoms with E-state index in [1.165, 1.54) is 12.7 Å². The van der Waals surface area contributed by atoms with Crippen molar-refractivity contribution in [1.82, 2.24) is 5.32 Å². The van der Waals surface area contributed by atoms with E-state index in [4.69, 9.17) is 4.74 Å². The largest absolute Gasteiger partial charge is 0.468 e. The lowest BCUT2D eigenvalue weighted by Gasteiger charge is -2.21. The van der Waals surface area contributed by atoms with E-state index < -0.39 is 0 Å². The number of benzene rings is 1. The smallest absolute Gasteiger partial charge is 0.322 e. The maximum atomic E-state index is 11.8. The molecule has 1 aromatic rings. The van der Waals surface area contributed by atoms with Crippen LogP contribution in [0, 0.1) is 5.92 Å². The lowest BCUT2D eigenvalue weighted by molar-refractivity contribution is -0.143. The zero-order chi connectivity index (χ0) is 14.3. The van der Waals surface area contributed by atoms with Crippen molar-refractivity contribution >= 4 is 5.97 Å². The molecule has 3 heteroatoms. The average Bonchev–Trinajstić information content (AvgIpc) is 2.43. The molecular weight excluding hydrogens is 238 g/mol. The third-order valence-electron chi connectivity index (χ3n) is 3.22. The topological polar surface area (TPSA) is 38.3 Å². The van der Waals surface area contributed by atoms with Crippen molar-refractivity contribution in [3.05, 3.63) is 35.9 Å². The van der Waals surface area contributed by atoms with E-state index >= 15 is 0 Å². The molecule has 106 valence electrons. The van der Waals surface area contributed by atoms with Gasteiger partial charge in [0, 0.05) is 0 Å². The van der Waals surface area contributed by atoms with Gasteiger partial charge in [0.1, 0.15) is 6.04 Å². The monoisotopic (exact) mass is 263 g/mol. The van der Waals surface area contributed by atoms with Gasteiger partial charge in [-0.2, -0.15) is 0 Å². The van der Waals surface area contributed by atoms with Crippen LogP contribution in [0.25, 0.3) is 0 Å². The molecule has 0 saturated carbocycles. The van der Waals surface area contributed by atoms with E-state index in [9.17, 15) is 4.79 Å². The van der Waals surface area contributed by atoms with Crippen molar-refractivity contribution in [1.29, 1.82) is 0 Å². The Balaban J connectivity index is 2.63. The van der Waals surface area contributed by atoms with Crippen LogP contribution < -0.4 is 5.32 Å². The molecule has 0 aliphatic rings. The highest BCUT2D eigenvalue weighted by atomic mass is 16.5. The molecule has 3 nitrogen and oxygen atoms in total. The zero-order valence-electron chi connectivity index (χ0n) is 12.3. The number of nitrogens with one attached hydrogen (secondary N) is 1. The van der Waals surface area contributed by atoms with Crippen LogP contribution in [0.4, 0.5) is 0 Å². The average molecular weight is 263 g/mol. The third kappa shape index (κ3) is 5.43. The van der Waals surface area contributed by atoms with Gasteiger partial charge in [0.25, 0.3) is 0 Å². The maximum Gasteiger partial charge on any atom is 0.322 e. The van der Waals surface area contributed by atoms with E-state index in [-0.39, 0.29) is 12.0 Å². The molecule has 0 heterocycles. The van der Waals surface area contributed by atoms with Gasteiger partial charge in [-0.05, 0) is 30.4 Å². The number of carbonyl (C=O) groups excluding carboxylic acids is 1. The second-order valence-electron chi connectivity index (χ2n) is 5.43. The molecule has 1 rings (SSSR count). The third-order valence-corrected chi connectivity index (χ3v) is 3.22. The van der Waals surface area contributed by atoms with Gasteiger partial charge >= 0.3 is 5.97 Å². The second-order valence-corrected chi connectivity index (χ2v) is 5.43. The maximum absolute atomic E-state index is 11.8. The molecule has 0 aliphatic carbocycles.